The number of aliphatic imine (C=N–C) groups is 6. The van der Waals surface area contributed by atoms with Gasteiger partial charge in [-0.1, -0.05) is 38.5 Å². The molecule has 8 aliphatic rings. The van der Waals surface area contributed by atoms with Crippen molar-refractivity contribution in [2.24, 2.45) is 41.8 Å². The summed E-state index contributed by atoms with van der Waals surface area (Å²) in [4.78, 5) is 46.8. The Morgan fingerprint density at radius 3 is 2.23 bits per heavy atom. The molecule has 14 nitrogen and oxygen atoms in total. The number of amidine groups is 5. The topological polar surface area (TPSA) is 151 Å². The summed E-state index contributed by atoms with van der Waals surface area (Å²) in [5.41, 5.74) is 5.63. The molecule has 1 unspecified atom stereocenters. The van der Waals surface area contributed by atoms with Gasteiger partial charge in [-0.05, 0) is 86.8 Å². The van der Waals surface area contributed by atoms with Crippen molar-refractivity contribution in [3.05, 3.63) is 88.8 Å². The first kappa shape index (κ1) is 33.6. The van der Waals surface area contributed by atoms with Crippen LogP contribution < -0.4 is 5.32 Å². The zero-order chi connectivity index (χ0) is 37.5. The lowest BCUT2D eigenvalue weighted by atomic mass is 9.90. The Labute approximate surface area is 330 Å². The Morgan fingerprint density at radius 1 is 0.702 bits per heavy atom. The molecule has 10 heterocycles. The van der Waals surface area contributed by atoms with Crippen LogP contribution in [0.25, 0.3) is 10.9 Å². The van der Waals surface area contributed by atoms with E-state index in [9.17, 15) is 0 Å². The Balaban J connectivity index is 1.22. The normalized spacial score (nSPS) is 25.9. The van der Waals surface area contributed by atoms with Gasteiger partial charge >= 0.3 is 8.88 Å². The minimum Gasteiger partial charge on any atom is -0.361 e. The molecule has 4 aromatic heterocycles. The van der Waals surface area contributed by atoms with E-state index in [2.05, 4.69) is 26.2 Å². The quantitative estimate of drug-likeness (QED) is 0.206. The number of hydrogen-bond donors (Lipinski definition) is 1. The number of pyridine rings is 3. The predicted octanol–water partition coefficient (Wildman–Crippen LogP) is 7.08. The van der Waals surface area contributed by atoms with Crippen LogP contribution in [-0.2, 0) is 8.85 Å². The maximum absolute atomic E-state index is 7.81. The van der Waals surface area contributed by atoms with E-state index < -0.39 is 15.0 Å². The second-order valence-corrected chi connectivity index (χ2v) is 18.8. The Bertz CT molecular complexity index is 2550. The van der Waals surface area contributed by atoms with Gasteiger partial charge in [0.1, 0.15) is 40.6 Å². The molecule has 6 aliphatic heterocycles. The maximum Gasteiger partial charge on any atom is 0.599 e. The van der Waals surface area contributed by atoms with Gasteiger partial charge in [-0.3, -0.25) is 28.7 Å². The number of nitrogens with zero attached hydrogens (tertiary/aromatic N) is 11. The van der Waals surface area contributed by atoms with Crippen molar-refractivity contribution < 1.29 is 8.85 Å². The maximum atomic E-state index is 7.81. The third-order valence-electron chi connectivity index (χ3n) is 12.7. The molecule has 0 spiro atoms. The smallest absolute Gasteiger partial charge is 0.361 e. The van der Waals surface area contributed by atoms with Crippen molar-refractivity contribution in [3.8, 4) is 0 Å². The van der Waals surface area contributed by atoms with Crippen LogP contribution in [-0.4, -0.2) is 81.2 Å². The van der Waals surface area contributed by atoms with Crippen LogP contribution in [0.5, 0.6) is 0 Å². The zero-order valence-corrected chi connectivity index (χ0v) is 32.6. The Kier molecular flexibility index (Phi) is 7.83. The molecular weight excluding hydrogens is 733 g/mol. The highest BCUT2D eigenvalue weighted by Gasteiger charge is 2.62. The number of rotatable bonds is 6. The van der Waals surface area contributed by atoms with Gasteiger partial charge in [-0.25, -0.2) is 25.0 Å². The van der Waals surface area contributed by atoms with Gasteiger partial charge in [-0.2, -0.15) is 0 Å². The molecule has 0 saturated heterocycles. The third-order valence-corrected chi connectivity index (χ3v) is 15.8. The Morgan fingerprint density at radius 2 is 1.42 bits per heavy atom. The molecule has 2 saturated carbocycles. The van der Waals surface area contributed by atoms with Crippen molar-refractivity contribution >= 4 is 66.8 Å². The molecule has 12 rings (SSSR count). The minimum absolute atomic E-state index is 0.380. The fourth-order valence-corrected chi connectivity index (χ4v) is 13.4. The van der Waals surface area contributed by atoms with Crippen molar-refractivity contribution in [2.45, 2.75) is 83.2 Å². The van der Waals surface area contributed by atoms with E-state index in [-0.39, 0.29) is 0 Å². The van der Waals surface area contributed by atoms with E-state index in [1.807, 2.05) is 42.9 Å². The summed E-state index contributed by atoms with van der Waals surface area (Å²) < 4.78 is 20.1. The summed E-state index contributed by atoms with van der Waals surface area (Å²) in [7, 11) is -4.09. The lowest BCUT2D eigenvalue weighted by Crippen LogP contribution is -2.67. The molecule has 4 aromatic rings. The fourth-order valence-electron chi connectivity index (χ4n) is 9.87. The average Bonchev–Trinajstić information content (AvgIpc) is 3.98. The highest BCUT2D eigenvalue weighted by Crippen LogP contribution is 2.48. The molecule has 2 aliphatic carbocycles. The second-order valence-electron chi connectivity index (χ2n) is 16.2. The standard InChI is InChI=1S/C42H42N12O2Si/c1-3-11-25(12-4-1)23-55-57(56-24-26-13-5-2-6-14-26)53-40-29-17-9-21-45-33(29)41(53)49-35-27-15-7-19-43-31(27)37(47-35)51-39-30-18-10-22-46-34(30)42(54(39)57)50-36-28-16-8-20-44-32(28)38(48-36)52-40/h7,9-10,15,17-22,25-26,41H,1-6,8,11-14,16,23-24H2,(H,47,49,51)/b50-36-,52-40-. The van der Waals surface area contributed by atoms with Crippen LogP contribution in [0, 0.1) is 11.8 Å². The van der Waals surface area contributed by atoms with E-state index in [1.54, 1.807) is 6.20 Å². The molecular formula is C42H42N12O2Si. The SMILES string of the molecule is C1=NC2=C(CC1)/C1=N/c3c4ncccc4c4n3[Si](OCC3CCCCC3)(OCC3CCCCC3)N3/C(=N\C2=N1)c1cccnc1C3NC1=N/C(=N\4)c2ncccc21. The van der Waals surface area contributed by atoms with Crippen molar-refractivity contribution in [3.63, 3.8) is 0 Å². The highest BCUT2D eigenvalue weighted by molar-refractivity contribution is 6.68. The summed E-state index contributed by atoms with van der Waals surface area (Å²) in [5, 5.41) is 4.69. The van der Waals surface area contributed by atoms with Gasteiger partial charge in [-0.15, -0.1) is 0 Å². The first-order valence-corrected chi connectivity index (χ1v) is 22.4. The van der Waals surface area contributed by atoms with Crippen LogP contribution in [0.2, 0.25) is 0 Å². The lowest BCUT2D eigenvalue weighted by molar-refractivity contribution is 0.0677. The second kappa shape index (κ2) is 13.3. The number of fused-ring (bicyclic) bond motifs is 13. The fraction of sp³-hybridized carbons (Fsp3) is 0.405. The van der Waals surface area contributed by atoms with Crippen molar-refractivity contribution in [2.75, 3.05) is 13.2 Å². The van der Waals surface area contributed by atoms with E-state index in [0.29, 0.717) is 77.1 Å². The van der Waals surface area contributed by atoms with Gasteiger partial charge in [0.25, 0.3) is 0 Å². The summed E-state index contributed by atoms with van der Waals surface area (Å²) in [6, 6.07) is 12.1. The van der Waals surface area contributed by atoms with Crippen LogP contribution in [0.1, 0.15) is 106 Å². The molecule has 0 aromatic carbocycles. The predicted molar refractivity (Wildman–Crippen MR) is 221 cm³/mol. The van der Waals surface area contributed by atoms with Gasteiger partial charge in [0.05, 0.1) is 5.69 Å². The van der Waals surface area contributed by atoms with Gasteiger partial charge < -0.3 is 14.2 Å². The van der Waals surface area contributed by atoms with Gasteiger partial charge in [0.15, 0.2) is 23.3 Å². The monoisotopic (exact) mass is 774 g/mol. The average molecular weight is 775 g/mol. The van der Waals surface area contributed by atoms with Crippen LogP contribution in [0.4, 0.5) is 11.6 Å². The first-order valence-electron chi connectivity index (χ1n) is 20.7. The first-order chi connectivity index (χ1) is 28.2. The number of aromatic nitrogens is 4. The molecule has 2 fully saturated rings. The number of nitrogens with one attached hydrogen (secondary N) is 1. The molecule has 0 amide bonds. The zero-order valence-electron chi connectivity index (χ0n) is 31.6. The van der Waals surface area contributed by atoms with E-state index in [1.165, 1.54) is 38.5 Å². The Hall–Kier alpha value is -5.51. The van der Waals surface area contributed by atoms with Gasteiger partial charge in [0, 0.05) is 60.1 Å². The van der Waals surface area contributed by atoms with Crippen LogP contribution in [0.3, 0.4) is 0 Å². The summed E-state index contributed by atoms with van der Waals surface area (Å²) in [6.45, 7) is 1.04. The minimum atomic E-state index is -4.09. The summed E-state index contributed by atoms with van der Waals surface area (Å²) in [6.07, 6.45) is 20.1. The molecule has 57 heavy (non-hydrogen) atoms. The third kappa shape index (κ3) is 5.24. The lowest BCUT2D eigenvalue weighted by Gasteiger charge is -2.44. The van der Waals surface area contributed by atoms with Crippen molar-refractivity contribution in [1.29, 1.82) is 0 Å². The molecule has 0 radical (unpaired) electrons. The van der Waals surface area contributed by atoms with Gasteiger partial charge in [0.2, 0.25) is 0 Å². The molecule has 6 bridgehead atoms. The number of hydrogen-bond acceptors (Lipinski definition) is 13. The molecule has 15 heteroatoms. The molecule has 286 valence electrons. The molecule has 1 N–H and O–H groups in total. The van der Waals surface area contributed by atoms with Crippen molar-refractivity contribution in [1.82, 2.24) is 29.1 Å². The van der Waals surface area contributed by atoms with E-state index in [4.69, 9.17) is 53.8 Å². The van der Waals surface area contributed by atoms with E-state index in [0.717, 1.165) is 72.0 Å². The van der Waals surface area contributed by atoms with E-state index >= 15 is 0 Å². The summed E-state index contributed by atoms with van der Waals surface area (Å²) >= 11 is 0. The summed E-state index contributed by atoms with van der Waals surface area (Å²) in [5.74, 6) is 4.91. The molecule has 1 atom stereocenters. The van der Waals surface area contributed by atoms with Crippen LogP contribution in [0.15, 0.2) is 96.2 Å². The largest absolute Gasteiger partial charge is 0.599 e. The van der Waals surface area contributed by atoms with Crippen LogP contribution >= 0.6 is 0 Å². The highest BCUT2D eigenvalue weighted by atomic mass is 28.4.